The molecular weight excluding hydrogens is 425 g/mol. The number of pyridine rings is 1. The van der Waals surface area contributed by atoms with Crippen LogP contribution < -0.4 is 10.9 Å². The Morgan fingerprint density at radius 3 is 2.44 bits per heavy atom. The molecule has 0 fully saturated rings. The Bertz CT molecular complexity index is 1270. The average Bonchev–Trinajstić information content (AvgIpc) is 3.31. The van der Waals surface area contributed by atoms with Gasteiger partial charge in [-0.3, -0.25) is 19.6 Å². The monoisotopic (exact) mass is 440 g/mol. The molecule has 0 aliphatic carbocycles. The van der Waals surface area contributed by atoms with Crippen molar-refractivity contribution in [3.05, 3.63) is 100.0 Å². The second-order valence-electron chi connectivity index (χ2n) is 6.68. The minimum atomic E-state index is -4.60. The maximum atomic E-state index is 13.0. The van der Waals surface area contributed by atoms with E-state index in [0.29, 0.717) is 17.5 Å². The summed E-state index contributed by atoms with van der Waals surface area (Å²) < 4.78 is 40.4. The summed E-state index contributed by atoms with van der Waals surface area (Å²) in [4.78, 5) is 34.5. The topological polar surface area (TPSA) is 106 Å². The molecule has 4 rings (SSSR count). The number of aromatic amines is 1. The second kappa shape index (κ2) is 8.46. The number of carbonyl (C=O) groups excluding carboxylic acids is 1. The van der Waals surface area contributed by atoms with E-state index >= 15 is 0 Å². The third-order valence-electron chi connectivity index (χ3n) is 4.68. The number of nitrogens with zero attached hydrogens (tertiary/aromatic N) is 4. The molecule has 162 valence electrons. The zero-order valence-electron chi connectivity index (χ0n) is 16.2. The molecule has 1 unspecified atom stereocenters. The lowest BCUT2D eigenvalue weighted by atomic mass is 9.88. The quantitative estimate of drug-likeness (QED) is 0.448. The minimum absolute atomic E-state index is 0.0762. The Kier molecular flexibility index (Phi) is 5.54. The SMILES string of the molecule is O=CNc1c(C(c2ccccc2)c2ccc(C(F)(F)F)nc2)nc(-n2cccn2)[nH]c1=O. The van der Waals surface area contributed by atoms with Gasteiger partial charge in [-0.05, 0) is 23.3 Å². The van der Waals surface area contributed by atoms with E-state index in [-0.39, 0.29) is 17.3 Å². The van der Waals surface area contributed by atoms with Crippen LogP contribution in [0.4, 0.5) is 18.9 Å². The fourth-order valence-corrected chi connectivity index (χ4v) is 3.29. The van der Waals surface area contributed by atoms with Gasteiger partial charge in [0, 0.05) is 18.6 Å². The normalized spacial score (nSPS) is 12.3. The van der Waals surface area contributed by atoms with Gasteiger partial charge in [-0.15, -0.1) is 0 Å². The summed E-state index contributed by atoms with van der Waals surface area (Å²) in [5.74, 6) is -0.725. The van der Waals surface area contributed by atoms with Gasteiger partial charge in [-0.2, -0.15) is 18.3 Å². The molecule has 1 atom stereocenters. The lowest BCUT2D eigenvalue weighted by molar-refractivity contribution is -0.141. The summed E-state index contributed by atoms with van der Waals surface area (Å²) in [5, 5.41) is 6.40. The molecule has 3 heterocycles. The van der Waals surface area contributed by atoms with Crippen LogP contribution in [0.2, 0.25) is 0 Å². The molecule has 3 aromatic heterocycles. The number of carbonyl (C=O) groups is 1. The average molecular weight is 440 g/mol. The van der Waals surface area contributed by atoms with Crippen LogP contribution in [0.1, 0.15) is 28.4 Å². The number of alkyl halides is 3. The lowest BCUT2D eigenvalue weighted by Gasteiger charge is -2.20. The summed E-state index contributed by atoms with van der Waals surface area (Å²) in [6, 6.07) is 12.5. The largest absolute Gasteiger partial charge is 0.433 e. The Balaban J connectivity index is 1.95. The van der Waals surface area contributed by atoms with Crippen LogP contribution in [0.25, 0.3) is 5.95 Å². The molecule has 0 aliphatic rings. The van der Waals surface area contributed by atoms with Crippen LogP contribution in [0.3, 0.4) is 0 Å². The van der Waals surface area contributed by atoms with Crippen LogP contribution in [0.5, 0.6) is 0 Å². The fraction of sp³-hybridized carbons (Fsp3) is 0.0952. The van der Waals surface area contributed by atoms with Crippen LogP contribution >= 0.6 is 0 Å². The van der Waals surface area contributed by atoms with E-state index < -0.39 is 23.3 Å². The third-order valence-corrected chi connectivity index (χ3v) is 4.68. The first-order chi connectivity index (χ1) is 15.4. The molecule has 32 heavy (non-hydrogen) atoms. The number of amides is 1. The molecule has 1 aromatic carbocycles. The standard InChI is InChI=1S/C21H15F3N6O2/c22-21(23,24)15-8-7-14(11-25-15)16(13-5-2-1-3-6-13)17-18(26-12-31)19(32)29-20(28-17)30-10-4-9-27-30/h1-12,16H,(H,26,31)(H,28,29,32). The Labute approximate surface area is 178 Å². The molecule has 0 saturated carbocycles. The van der Waals surface area contributed by atoms with Crippen molar-refractivity contribution >= 4 is 12.1 Å². The number of halogens is 3. The molecule has 8 nitrogen and oxygen atoms in total. The van der Waals surface area contributed by atoms with Gasteiger partial charge < -0.3 is 5.32 Å². The van der Waals surface area contributed by atoms with Crippen LogP contribution in [-0.2, 0) is 11.0 Å². The van der Waals surface area contributed by atoms with Gasteiger partial charge in [0.25, 0.3) is 5.56 Å². The van der Waals surface area contributed by atoms with Crippen molar-refractivity contribution in [3.63, 3.8) is 0 Å². The zero-order valence-corrected chi connectivity index (χ0v) is 16.2. The second-order valence-corrected chi connectivity index (χ2v) is 6.68. The molecule has 1 amide bonds. The number of H-pyrrole nitrogens is 1. The number of anilines is 1. The highest BCUT2D eigenvalue weighted by molar-refractivity contribution is 5.73. The van der Waals surface area contributed by atoms with E-state index in [9.17, 15) is 22.8 Å². The zero-order chi connectivity index (χ0) is 22.7. The van der Waals surface area contributed by atoms with E-state index in [4.69, 9.17) is 0 Å². The Morgan fingerprint density at radius 2 is 1.84 bits per heavy atom. The van der Waals surface area contributed by atoms with Crippen molar-refractivity contribution in [2.75, 3.05) is 5.32 Å². The Morgan fingerprint density at radius 1 is 1.06 bits per heavy atom. The van der Waals surface area contributed by atoms with Crippen LogP contribution in [0.15, 0.2) is 71.9 Å². The first-order valence-corrected chi connectivity index (χ1v) is 9.31. The minimum Gasteiger partial charge on any atom is -0.323 e. The molecule has 0 bridgehead atoms. The molecule has 0 spiro atoms. The number of hydrogen-bond acceptors (Lipinski definition) is 5. The smallest absolute Gasteiger partial charge is 0.323 e. The number of rotatable bonds is 6. The van der Waals surface area contributed by atoms with Gasteiger partial charge in [-0.25, -0.2) is 9.67 Å². The van der Waals surface area contributed by atoms with Gasteiger partial charge >= 0.3 is 6.18 Å². The van der Waals surface area contributed by atoms with Gasteiger partial charge in [0.1, 0.15) is 11.4 Å². The van der Waals surface area contributed by atoms with E-state index in [2.05, 4.69) is 25.4 Å². The summed E-state index contributed by atoms with van der Waals surface area (Å²) in [5.41, 5.74) is -0.720. The first-order valence-electron chi connectivity index (χ1n) is 9.31. The molecule has 0 aliphatic heterocycles. The molecule has 2 N–H and O–H groups in total. The van der Waals surface area contributed by atoms with Crippen molar-refractivity contribution in [1.82, 2.24) is 24.7 Å². The van der Waals surface area contributed by atoms with Gasteiger partial charge in [0.05, 0.1) is 11.6 Å². The number of aromatic nitrogens is 5. The van der Waals surface area contributed by atoms with E-state index in [1.807, 2.05) is 0 Å². The predicted molar refractivity (Wildman–Crippen MR) is 108 cm³/mol. The van der Waals surface area contributed by atoms with Crippen LogP contribution in [0, 0.1) is 0 Å². The number of benzene rings is 1. The number of hydrogen-bond donors (Lipinski definition) is 2. The van der Waals surface area contributed by atoms with Crippen molar-refractivity contribution in [2.24, 2.45) is 0 Å². The Hall–Kier alpha value is -4.28. The third kappa shape index (κ3) is 4.13. The first kappa shape index (κ1) is 21.0. The predicted octanol–water partition coefficient (Wildman–Crippen LogP) is 3.12. The molecular formula is C21H15F3N6O2. The van der Waals surface area contributed by atoms with Gasteiger partial charge in [0.15, 0.2) is 0 Å². The molecule has 4 aromatic rings. The lowest BCUT2D eigenvalue weighted by Crippen LogP contribution is -2.23. The van der Waals surface area contributed by atoms with Crippen LogP contribution in [-0.4, -0.2) is 31.1 Å². The molecule has 0 radical (unpaired) electrons. The van der Waals surface area contributed by atoms with E-state index in [1.165, 1.54) is 16.9 Å². The fourth-order valence-electron chi connectivity index (χ4n) is 3.29. The molecule has 11 heteroatoms. The van der Waals surface area contributed by atoms with Crippen molar-refractivity contribution in [2.45, 2.75) is 12.1 Å². The summed E-state index contributed by atoms with van der Waals surface area (Å²) in [6.07, 6.45) is -0.129. The number of nitrogens with one attached hydrogen (secondary N) is 2. The highest BCUT2D eigenvalue weighted by atomic mass is 19.4. The van der Waals surface area contributed by atoms with E-state index in [1.54, 1.807) is 42.6 Å². The van der Waals surface area contributed by atoms with E-state index in [0.717, 1.165) is 12.3 Å². The van der Waals surface area contributed by atoms with Crippen molar-refractivity contribution in [3.8, 4) is 5.95 Å². The summed E-state index contributed by atoms with van der Waals surface area (Å²) >= 11 is 0. The maximum Gasteiger partial charge on any atom is 0.433 e. The highest BCUT2D eigenvalue weighted by Crippen LogP contribution is 2.35. The van der Waals surface area contributed by atoms with Crippen molar-refractivity contribution in [1.29, 1.82) is 0 Å². The van der Waals surface area contributed by atoms with Gasteiger partial charge in [-0.1, -0.05) is 36.4 Å². The van der Waals surface area contributed by atoms with Crippen molar-refractivity contribution < 1.29 is 18.0 Å². The van der Waals surface area contributed by atoms with Gasteiger partial charge in [0.2, 0.25) is 12.4 Å². The summed E-state index contributed by atoms with van der Waals surface area (Å²) in [6.45, 7) is 0. The summed E-state index contributed by atoms with van der Waals surface area (Å²) in [7, 11) is 0. The molecule has 0 saturated heterocycles. The maximum absolute atomic E-state index is 13.0. The highest BCUT2D eigenvalue weighted by Gasteiger charge is 2.33.